The Bertz CT molecular complexity index is 1410. The van der Waals surface area contributed by atoms with E-state index in [0.717, 1.165) is 11.6 Å². The normalized spacial score (nSPS) is 13.5. The Kier molecular flexibility index (Phi) is 6.94. The Morgan fingerprint density at radius 2 is 1.65 bits per heavy atom. The van der Waals surface area contributed by atoms with Crippen molar-refractivity contribution >= 4 is 29.2 Å². The van der Waals surface area contributed by atoms with E-state index in [0.29, 0.717) is 40.2 Å². The Hall–Kier alpha value is -4.10. The van der Waals surface area contributed by atoms with Crippen molar-refractivity contribution in [3.63, 3.8) is 0 Å². The van der Waals surface area contributed by atoms with Gasteiger partial charge in [0, 0.05) is 28.8 Å². The molecule has 34 heavy (non-hydrogen) atoms. The van der Waals surface area contributed by atoms with Gasteiger partial charge in [-0.2, -0.15) is 0 Å². The predicted octanol–water partition coefficient (Wildman–Crippen LogP) is 2.87. The number of methoxy groups -OCH3 is 1. The molecule has 2 amide bonds. The van der Waals surface area contributed by atoms with Gasteiger partial charge in [-0.15, -0.1) is 0 Å². The van der Waals surface area contributed by atoms with Gasteiger partial charge < -0.3 is 10.1 Å². The number of nitrogens with one attached hydrogen (secondary N) is 1. The van der Waals surface area contributed by atoms with E-state index < -0.39 is 5.91 Å². The number of carbonyl (C=O) groups is 3. The quantitative estimate of drug-likeness (QED) is 0.421. The van der Waals surface area contributed by atoms with Crippen molar-refractivity contribution in [2.45, 2.75) is 6.42 Å². The molecule has 0 aliphatic carbocycles. The SMILES string of the molecule is COc1ccc(C(=O)/C=C2\N=c3ccc(C(=O)NCCc4ccc(Cl)cc4)cc3=NC2=O)cc1. The Balaban J connectivity index is 1.46. The highest BCUT2D eigenvalue weighted by atomic mass is 35.5. The molecular weight excluding hydrogens is 454 g/mol. The van der Waals surface area contributed by atoms with E-state index in [1.165, 1.54) is 13.2 Å². The number of halogens is 1. The van der Waals surface area contributed by atoms with E-state index >= 15 is 0 Å². The van der Waals surface area contributed by atoms with Crippen molar-refractivity contribution in [2.24, 2.45) is 9.98 Å². The minimum atomic E-state index is -0.644. The average molecular weight is 474 g/mol. The lowest BCUT2D eigenvalue weighted by Crippen LogP contribution is -2.34. The summed E-state index contributed by atoms with van der Waals surface area (Å²) >= 11 is 5.88. The molecule has 0 saturated carbocycles. The van der Waals surface area contributed by atoms with Gasteiger partial charge in [0.1, 0.15) is 11.4 Å². The molecule has 8 heteroatoms. The van der Waals surface area contributed by atoms with Crippen LogP contribution in [0.1, 0.15) is 26.3 Å². The lowest BCUT2D eigenvalue weighted by atomic mass is 10.1. The maximum atomic E-state index is 12.5. The molecule has 4 rings (SSSR count). The first-order chi connectivity index (χ1) is 16.4. The van der Waals surface area contributed by atoms with Gasteiger partial charge in [0.15, 0.2) is 5.78 Å². The third kappa shape index (κ3) is 5.44. The number of fused-ring (bicyclic) bond motifs is 1. The second-order valence-electron chi connectivity index (χ2n) is 7.49. The second kappa shape index (κ2) is 10.2. The van der Waals surface area contributed by atoms with Crippen LogP contribution in [0.3, 0.4) is 0 Å². The molecule has 0 radical (unpaired) electrons. The fourth-order valence-electron chi connectivity index (χ4n) is 3.32. The van der Waals surface area contributed by atoms with Crippen molar-refractivity contribution in [2.75, 3.05) is 13.7 Å². The van der Waals surface area contributed by atoms with Crippen LogP contribution >= 0.6 is 11.6 Å². The molecule has 1 N–H and O–H groups in total. The van der Waals surface area contributed by atoms with E-state index in [-0.39, 0.29) is 22.7 Å². The largest absolute Gasteiger partial charge is 0.497 e. The summed E-state index contributed by atoms with van der Waals surface area (Å²) in [6.45, 7) is 0.443. The molecule has 1 aliphatic rings. The van der Waals surface area contributed by atoms with Crippen LogP contribution in [0.5, 0.6) is 5.75 Å². The number of ketones is 1. The molecule has 0 unspecified atom stereocenters. The van der Waals surface area contributed by atoms with E-state index in [4.69, 9.17) is 16.3 Å². The molecule has 3 aromatic carbocycles. The van der Waals surface area contributed by atoms with Gasteiger partial charge in [-0.25, -0.2) is 9.98 Å². The molecule has 0 spiro atoms. The molecule has 3 aromatic rings. The number of amides is 2. The third-order valence-corrected chi connectivity index (χ3v) is 5.43. The van der Waals surface area contributed by atoms with Gasteiger partial charge in [-0.1, -0.05) is 23.7 Å². The molecule has 1 heterocycles. The van der Waals surface area contributed by atoms with Crippen LogP contribution in [0.25, 0.3) is 0 Å². The zero-order valence-electron chi connectivity index (χ0n) is 18.2. The van der Waals surface area contributed by atoms with Gasteiger partial charge in [0.25, 0.3) is 11.8 Å². The van der Waals surface area contributed by atoms with Crippen LogP contribution < -0.4 is 20.8 Å². The van der Waals surface area contributed by atoms with Gasteiger partial charge >= 0.3 is 0 Å². The van der Waals surface area contributed by atoms with Crippen molar-refractivity contribution in [3.05, 3.63) is 111 Å². The van der Waals surface area contributed by atoms with Crippen LogP contribution in [-0.2, 0) is 11.2 Å². The lowest BCUT2D eigenvalue weighted by Gasteiger charge is -2.07. The number of nitrogens with zero attached hydrogens (tertiary/aromatic N) is 2. The topological polar surface area (TPSA) is 97.2 Å². The smallest absolute Gasteiger partial charge is 0.296 e. The van der Waals surface area contributed by atoms with Crippen LogP contribution in [-0.4, -0.2) is 31.3 Å². The summed E-state index contributed by atoms with van der Waals surface area (Å²) in [6, 6.07) is 18.7. The third-order valence-electron chi connectivity index (χ3n) is 5.17. The Morgan fingerprint density at radius 3 is 2.35 bits per heavy atom. The van der Waals surface area contributed by atoms with Crippen molar-refractivity contribution < 1.29 is 19.1 Å². The summed E-state index contributed by atoms with van der Waals surface area (Å²) in [5, 5.41) is 4.20. The van der Waals surface area contributed by atoms with E-state index in [9.17, 15) is 14.4 Å². The summed E-state index contributed by atoms with van der Waals surface area (Å²) in [5.74, 6) is -0.674. The molecule has 7 nitrogen and oxygen atoms in total. The van der Waals surface area contributed by atoms with Gasteiger partial charge in [0.05, 0.1) is 17.8 Å². The van der Waals surface area contributed by atoms with Crippen LogP contribution in [0, 0.1) is 0 Å². The number of carbonyl (C=O) groups excluding carboxylic acids is 3. The van der Waals surface area contributed by atoms with E-state index in [2.05, 4.69) is 15.3 Å². The standard InChI is InChI=1S/C26H20ClN3O4/c1-34-20-9-4-17(5-10-20)24(31)15-23-26(33)30-22-14-18(6-11-21(22)29-23)25(32)28-13-12-16-2-7-19(27)8-3-16/h2-11,14-15H,12-13H2,1H3,(H,28,32)/b23-15-. The summed E-state index contributed by atoms with van der Waals surface area (Å²) < 4.78 is 5.08. The molecule has 1 aliphatic heterocycles. The first kappa shape index (κ1) is 23.1. The van der Waals surface area contributed by atoms with E-state index in [1.54, 1.807) is 48.5 Å². The number of ether oxygens (including phenoxy) is 1. The maximum Gasteiger partial charge on any atom is 0.296 e. The number of rotatable bonds is 7. The lowest BCUT2D eigenvalue weighted by molar-refractivity contribution is -0.114. The molecular formula is C26H20ClN3O4. The number of hydrogen-bond acceptors (Lipinski definition) is 5. The average Bonchev–Trinajstić information content (AvgIpc) is 2.85. The number of allylic oxidation sites excluding steroid dienone is 1. The molecule has 0 aromatic heterocycles. The van der Waals surface area contributed by atoms with Crippen LogP contribution in [0.2, 0.25) is 5.02 Å². The number of benzene rings is 3. The zero-order chi connectivity index (χ0) is 24.1. The zero-order valence-corrected chi connectivity index (χ0v) is 19.0. The monoisotopic (exact) mass is 473 g/mol. The number of hydrogen-bond donors (Lipinski definition) is 1. The maximum absolute atomic E-state index is 12.5. The van der Waals surface area contributed by atoms with Gasteiger partial charge in [0.2, 0.25) is 0 Å². The van der Waals surface area contributed by atoms with E-state index in [1.807, 2.05) is 12.1 Å². The van der Waals surface area contributed by atoms with Crippen molar-refractivity contribution in [1.29, 1.82) is 0 Å². The van der Waals surface area contributed by atoms with Gasteiger partial charge in [-0.05, 0) is 66.6 Å². The summed E-state index contributed by atoms with van der Waals surface area (Å²) in [4.78, 5) is 45.7. The molecule has 0 saturated heterocycles. The fourth-order valence-corrected chi connectivity index (χ4v) is 3.45. The van der Waals surface area contributed by atoms with Crippen LogP contribution in [0.4, 0.5) is 0 Å². The Morgan fingerprint density at radius 1 is 0.941 bits per heavy atom. The summed E-state index contributed by atoms with van der Waals surface area (Å²) in [6.07, 6.45) is 1.82. The van der Waals surface area contributed by atoms with Crippen molar-refractivity contribution in [1.82, 2.24) is 5.32 Å². The van der Waals surface area contributed by atoms with Gasteiger partial charge in [-0.3, -0.25) is 14.4 Å². The highest BCUT2D eigenvalue weighted by Gasteiger charge is 2.16. The molecule has 0 bridgehead atoms. The fraction of sp³-hybridized carbons (Fsp3) is 0.115. The van der Waals surface area contributed by atoms with Crippen molar-refractivity contribution in [3.8, 4) is 5.75 Å². The Labute approximate surface area is 200 Å². The summed E-state index contributed by atoms with van der Waals surface area (Å²) in [5.41, 5.74) is 1.75. The molecule has 0 atom stereocenters. The molecule has 170 valence electrons. The first-order valence-electron chi connectivity index (χ1n) is 10.5. The highest BCUT2D eigenvalue weighted by Crippen LogP contribution is 2.14. The predicted molar refractivity (Wildman–Crippen MR) is 127 cm³/mol. The molecule has 0 fully saturated rings. The van der Waals surface area contributed by atoms with Crippen LogP contribution in [0.15, 0.2) is 88.5 Å². The first-order valence-corrected chi connectivity index (χ1v) is 10.9. The minimum Gasteiger partial charge on any atom is -0.497 e. The summed E-state index contributed by atoms with van der Waals surface area (Å²) in [7, 11) is 1.54. The highest BCUT2D eigenvalue weighted by molar-refractivity contribution is 6.30. The minimum absolute atomic E-state index is 0.0616. The second-order valence-corrected chi connectivity index (χ2v) is 7.92.